The number of hydrogen-bond acceptors (Lipinski definition) is 2. The molecule has 4 heteroatoms. The summed E-state index contributed by atoms with van der Waals surface area (Å²) in [6.07, 6.45) is 0. The van der Waals surface area contributed by atoms with Gasteiger partial charge >= 0.3 is 0 Å². The number of nitrogens with one attached hydrogen (secondary N) is 1. The van der Waals surface area contributed by atoms with Crippen LogP contribution in [0.5, 0.6) is 0 Å². The summed E-state index contributed by atoms with van der Waals surface area (Å²) in [4.78, 5) is 0. The topological polar surface area (TPSA) is 12.0 Å². The van der Waals surface area contributed by atoms with Gasteiger partial charge in [0.25, 0.3) is 0 Å². The van der Waals surface area contributed by atoms with E-state index in [2.05, 4.69) is 23.0 Å². The Morgan fingerprint density at radius 1 is 1.39 bits per heavy atom. The van der Waals surface area contributed by atoms with Crippen molar-refractivity contribution in [2.45, 2.75) is 26.4 Å². The summed E-state index contributed by atoms with van der Waals surface area (Å²) >= 11 is 7.74. The van der Waals surface area contributed by atoms with Crippen LogP contribution in [-0.2, 0) is 6.54 Å². The van der Waals surface area contributed by atoms with E-state index in [9.17, 15) is 4.39 Å². The van der Waals surface area contributed by atoms with E-state index in [-0.39, 0.29) is 11.9 Å². The van der Waals surface area contributed by atoms with Crippen LogP contribution < -0.4 is 5.32 Å². The van der Waals surface area contributed by atoms with Gasteiger partial charge < -0.3 is 5.32 Å². The third kappa shape index (κ3) is 3.10. The molecule has 1 unspecified atom stereocenters. The monoisotopic (exact) mass is 283 g/mol. The van der Waals surface area contributed by atoms with Crippen LogP contribution in [0.4, 0.5) is 4.39 Å². The largest absolute Gasteiger partial charge is 0.306 e. The van der Waals surface area contributed by atoms with Crippen molar-refractivity contribution in [2.24, 2.45) is 0 Å². The van der Waals surface area contributed by atoms with Crippen molar-refractivity contribution >= 4 is 22.9 Å². The van der Waals surface area contributed by atoms with Crippen LogP contribution in [0.15, 0.2) is 29.0 Å². The first kappa shape index (κ1) is 13.5. The van der Waals surface area contributed by atoms with Gasteiger partial charge in [-0.3, -0.25) is 0 Å². The zero-order valence-electron chi connectivity index (χ0n) is 10.3. The fraction of sp³-hybridized carbons (Fsp3) is 0.286. The molecule has 96 valence electrons. The minimum atomic E-state index is -0.301. The van der Waals surface area contributed by atoms with Gasteiger partial charge in [-0.1, -0.05) is 17.7 Å². The molecular weight excluding hydrogens is 269 g/mol. The number of aryl methyl sites for hydroxylation is 1. The van der Waals surface area contributed by atoms with Crippen molar-refractivity contribution in [2.75, 3.05) is 0 Å². The highest BCUT2D eigenvalue weighted by molar-refractivity contribution is 7.08. The molecule has 0 bridgehead atoms. The quantitative estimate of drug-likeness (QED) is 0.858. The van der Waals surface area contributed by atoms with Crippen molar-refractivity contribution in [3.8, 4) is 0 Å². The van der Waals surface area contributed by atoms with Gasteiger partial charge in [0.1, 0.15) is 5.82 Å². The van der Waals surface area contributed by atoms with E-state index in [0.29, 0.717) is 5.02 Å². The molecule has 0 saturated carbocycles. The van der Waals surface area contributed by atoms with Crippen molar-refractivity contribution in [1.29, 1.82) is 0 Å². The minimum absolute atomic E-state index is 0.0948. The Hall–Kier alpha value is -0.900. The Morgan fingerprint density at radius 3 is 2.78 bits per heavy atom. The molecule has 2 aromatic rings. The maximum absolute atomic E-state index is 13.0. The van der Waals surface area contributed by atoms with Crippen LogP contribution in [-0.4, -0.2) is 0 Å². The predicted octanol–water partition coefficient (Wildman–Crippen LogP) is 4.70. The van der Waals surface area contributed by atoms with E-state index in [1.54, 1.807) is 17.4 Å². The molecule has 0 spiro atoms. The Kier molecular flexibility index (Phi) is 4.38. The lowest BCUT2D eigenvalue weighted by Crippen LogP contribution is -2.18. The second kappa shape index (κ2) is 5.83. The van der Waals surface area contributed by atoms with Crippen LogP contribution in [0.25, 0.3) is 0 Å². The first-order valence-corrected chi connectivity index (χ1v) is 7.10. The molecule has 1 nitrogen and oxygen atoms in total. The lowest BCUT2D eigenvalue weighted by atomic mass is 10.1. The standard InChI is InChI=1S/C14H15ClFNS/c1-9-7-18-8-11(9)6-17-10(2)13-4-3-12(16)5-14(13)15/h3-5,7-8,10,17H,6H2,1-2H3. The van der Waals surface area contributed by atoms with Crippen LogP contribution in [0.1, 0.15) is 29.7 Å². The molecule has 18 heavy (non-hydrogen) atoms. The van der Waals surface area contributed by atoms with E-state index in [1.807, 2.05) is 6.92 Å². The molecule has 1 aromatic carbocycles. The van der Waals surface area contributed by atoms with Gasteiger partial charge in [-0.25, -0.2) is 4.39 Å². The average molecular weight is 284 g/mol. The van der Waals surface area contributed by atoms with Gasteiger partial charge in [0.15, 0.2) is 0 Å². The SMILES string of the molecule is Cc1cscc1CNC(C)c1ccc(F)cc1Cl. The Morgan fingerprint density at radius 2 is 2.17 bits per heavy atom. The highest BCUT2D eigenvalue weighted by atomic mass is 35.5. The van der Waals surface area contributed by atoms with Gasteiger partial charge in [-0.05, 0) is 53.4 Å². The molecule has 1 N–H and O–H groups in total. The lowest BCUT2D eigenvalue weighted by molar-refractivity contribution is 0.571. The van der Waals surface area contributed by atoms with E-state index < -0.39 is 0 Å². The smallest absolute Gasteiger partial charge is 0.124 e. The van der Waals surface area contributed by atoms with Crippen molar-refractivity contribution in [3.63, 3.8) is 0 Å². The van der Waals surface area contributed by atoms with E-state index in [1.165, 1.54) is 23.3 Å². The normalized spacial score (nSPS) is 12.7. The van der Waals surface area contributed by atoms with E-state index >= 15 is 0 Å². The molecule has 0 aliphatic rings. The zero-order chi connectivity index (χ0) is 13.1. The van der Waals surface area contributed by atoms with Crippen LogP contribution >= 0.6 is 22.9 Å². The molecule has 0 fully saturated rings. The maximum Gasteiger partial charge on any atom is 0.124 e. The Bertz CT molecular complexity index is 538. The second-order valence-corrected chi connectivity index (χ2v) is 5.50. The summed E-state index contributed by atoms with van der Waals surface area (Å²) in [5.41, 5.74) is 3.51. The third-order valence-electron chi connectivity index (χ3n) is 2.99. The third-order valence-corrected chi connectivity index (χ3v) is 4.23. The van der Waals surface area contributed by atoms with E-state index in [0.717, 1.165) is 12.1 Å². The molecule has 0 amide bonds. The second-order valence-electron chi connectivity index (χ2n) is 4.35. The van der Waals surface area contributed by atoms with Crippen LogP contribution in [0.3, 0.4) is 0 Å². The summed E-state index contributed by atoms with van der Waals surface area (Å²) in [5, 5.41) is 8.14. The summed E-state index contributed by atoms with van der Waals surface area (Å²) in [6, 6.07) is 4.62. The van der Waals surface area contributed by atoms with Crippen LogP contribution in [0, 0.1) is 12.7 Å². The Labute approximate surface area is 116 Å². The molecule has 2 rings (SSSR count). The summed E-state index contributed by atoms with van der Waals surface area (Å²) in [7, 11) is 0. The number of thiophene rings is 1. The van der Waals surface area contributed by atoms with Gasteiger partial charge in [0.05, 0.1) is 0 Å². The summed E-state index contributed by atoms with van der Waals surface area (Å²) < 4.78 is 13.0. The van der Waals surface area contributed by atoms with Crippen molar-refractivity contribution in [3.05, 3.63) is 56.5 Å². The van der Waals surface area contributed by atoms with Gasteiger partial charge in [-0.15, -0.1) is 0 Å². The minimum Gasteiger partial charge on any atom is -0.306 e. The fourth-order valence-corrected chi connectivity index (χ4v) is 2.98. The Balaban J connectivity index is 2.03. The summed E-state index contributed by atoms with van der Waals surface area (Å²) in [6.45, 7) is 4.92. The number of hydrogen-bond donors (Lipinski definition) is 1. The summed E-state index contributed by atoms with van der Waals surface area (Å²) in [5.74, 6) is -0.301. The molecule has 1 atom stereocenters. The van der Waals surface area contributed by atoms with Gasteiger partial charge in [0.2, 0.25) is 0 Å². The van der Waals surface area contributed by atoms with Crippen molar-refractivity contribution in [1.82, 2.24) is 5.32 Å². The zero-order valence-corrected chi connectivity index (χ0v) is 11.9. The van der Waals surface area contributed by atoms with Gasteiger partial charge in [-0.2, -0.15) is 11.3 Å². The molecule has 0 aliphatic carbocycles. The van der Waals surface area contributed by atoms with Gasteiger partial charge in [0, 0.05) is 17.6 Å². The highest BCUT2D eigenvalue weighted by Crippen LogP contribution is 2.24. The highest BCUT2D eigenvalue weighted by Gasteiger charge is 2.10. The molecule has 1 heterocycles. The predicted molar refractivity (Wildman–Crippen MR) is 75.7 cm³/mol. The van der Waals surface area contributed by atoms with Crippen LogP contribution in [0.2, 0.25) is 5.02 Å². The molecule has 0 radical (unpaired) electrons. The first-order chi connectivity index (χ1) is 8.58. The fourth-order valence-electron chi connectivity index (χ4n) is 1.79. The first-order valence-electron chi connectivity index (χ1n) is 5.78. The molecular formula is C14H15ClFNS. The van der Waals surface area contributed by atoms with E-state index in [4.69, 9.17) is 11.6 Å². The number of rotatable bonds is 4. The molecule has 0 saturated heterocycles. The number of benzene rings is 1. The van der Waals surface area contributed by atoms with Crippen molar-refractivity contribution < 1.29 is 4.39 Å². The molecule has 1 aromatic heterocycles. The average Bonchev–Trinajstić information content (AvgIpc) is 2.72. The molecule has 0 aliphatic heterocycles. The lowest BCUT2D eigenvalue weighted by Gasteiger charge is -2.15. The maximum atomic E-state index is 13.0. The number of halogens is 2.